The van der Waals surface area contributed by atoms with Crippen molar-refractivity contribution in [1.82, 2.24) is 4.98 Å². The van der Waals surface area contributed by atoms with E-state index in [0.717, 1.165) is 59.4 Å². The highest BCUT2D eigenvalue weighted by molar-refractivity contribution is 7.12. The van der Waals surface area contributed by atoms with E-state index in [1.54, 1.807) is 0 Å². The van der Waals surface area contributed by atoms with Crippen LogP contribution in [0, 0.1) is 20.8 Å². The molecular formula is C32H39NO2S. The average molecular weight is 502 g/mol. The van der Waals surface area contributed by atoms with Crippen molar-refractivity contribution in [3.8, 4) is 11.5 Å². The zero-order valence-corrected chi connectivity index (χ0v) is 23.5. The van der Waals surface area contributed by atoms with Crippen molar-refractivity contribution in [3.63, 3.8) is 0 Å². The molecule has 3 heterocycles. The first-order valence-electron chi connectivity index (χ1n) is 12.9. The number of nitrogens with one attached hydrogen (secondary N) is 1. The van der Waals surface area contributed by atoms with Gasteiger partial charge in [0.2, 0.25) is 0 Å². The summed E-state index contributed by atoms with van der Waals surface area (Å²) in [7, 11) is 0. The van der Waals surface area contributed by atoms with E-state index in [2.05, 4.69) is 81.3 Å². The van der Waals surface area contributed by atoms with Gasteiger partial charge in [0.15, 0.2) is 0 Å². The number of thiophene rings is 1. The lowest BCUT2D eigenvalue weighted by atomic mass is 9.85. The van der Waals surface area contributed by atoms with Crippen molar-refractivity contribution >= 4 is 29.6 Å². The Kier molecular flexibility index (Phi) is 7.65. The summed E-state index contributed by atoms with van der Waals surface area (Å²) < 4.78 is 6.65. The number of allylic oxidation sites excluding steroid dienone is 3. The SMILES string of the molecule is C/C=C\C(C)=C\c1[nH]c(/C=C/c2ccc(C[C@]3(C)CCc4c(C)c(O)c(C)c(C)c4O3)s2)cc1CC. The highest BCUT2D eigenvalue weighted by atomic mass is 32.1. The van der Waals surface area contributed by atoms with Gasteiger partial charge >= 0.3 is 0 Å². The number of rotatable bonds is 7. The Bertz CT molecular complexity index is 1350. The molecular weight excluding hydrogens is 462 g/mol. The fourth-order valence-corrected chi connectivity index (χ4v) is 6.21. The number of H-pyrrole nitrogens is 1. The lowest BCUT2D eigenvalue weighted by molar-refractivity contribution is 0.0648. The van der Waals surface area contributed by atoms with E-state index in [1.165, 1.54) is 26.6 Å². The monoisotopic (exact) mass is 501 g/mol. The molecule has 0 fully saturated rings. The summed E-state index contributed by atoms with van der Waals surface area (Å²) in [6, 6.07) is 6.68. The molecule has 2 aromatic heterocycles. The van der Waals surface area contributed by atoms with Crippen molar-refractivity contribution in [2.75, 3.05) is 0 Å². The van der Waals surface area contributed by atoms with Gasteiger partial charge in [-0.3, -0.25) is 0 Å². The Morgan fingerprint density at radius 2 is 1.94 bits per heavy atom. The van der Waals surface area contributed by atoms with Gasteiger partial charge in [-0.25, -0.2) is 0 Å². The van der Waals surface area contributed by atoms with Crippen LogP contribution < -0.4 is 4.74 Å². The zero-order chi connectivity index (χ0) is 26.0. The summed E-state index contributed by atoms with van der Waals surface area (Å²) in [5.74, 6) is 1.39. The number of aromatic nitrogens is 1. The highest BCUT2D eigenvalue weighted by Crippen LogP contribution is 2.44. The molecule has 0 amide bonds. The second kappa shape index (κ2) is 10.6. The van der Waals surface area contributed by atoms with Gasteiger partial charge < -0.3 is 14.8 Å². The van der Waals surface area contributed by atoms with E-state index in [0.29, 0.717) is 5.75 Å². The number of ether oxygens (including phenoxy) is 1. The first-order chi connectivity index (χ1) is 17.1. The van der Waals surface area contributed by atoms with Crippen molar-refractivity contribution in [3.05, 3.63) is 84.9 Å². The van der Waals surface area contributed by atoms with Crippen LogP contribution in [-0.2, 0) is 19.3 Å². The molecule has 0 aliphatic carbocycles. The van der Waals surface area contributed by atoms with Crippen LogP contribution >= 0.6 is 11.3 Å². The summed E-state index contributed by atoms with van der Waals surface area (Å²) in [6.45, 7) is 14.6. The minimum atomic E-state index is -0.249. The molecule has 1 aliphatic rings. The third kappa shape index (κ3) is 5.39. The molecule has 1 atom stereocenters. The van der Waals surface area contributed by atoms with Crippen LogP contribution in [0.4, 0.5) is 0 Å². The maximum atomic E-state index is 10.5. The first kappa shape index (κ1) is 26.1. The second-order valence-corrected chi connectivity index (χ2v) is 11.5. The van der Waals surface area contributed by atoms with Crippen LogP contribution in [0.1, 0.15) is 83.1 Å². The maximum absolute atomic E-state index is 10.5. The van der Waals surface area contributed by atoms with E-state index >= 15 is 0 Å². The summed E-state index contributed by atoms with van der Waals surface area (Å²) in [4.78, 5) is 6.14. The van der Waals surface area contributed by atoms with Crippen LogP contribution in [0.25, 0.3) is 18.2 Å². The maximum Gasteiger partial charge on any atom is 0.127 e. The van der Waals surface area contributed by atoms with Gasteiger partial charge in [-0.05, 0) is 125 Å². The normalized spacial score (nSPS) is 18.2. The molecule has 4 rings (SSSR count). The number of fused-ring (bicyclic) bond motifs is 1. The highest BCUT2D eigenvalue weighted by Gasteiger charge is 2.35. The molecule has 0 radical (unpaired) electrons. The van der Waals surface area contributed by atoms with Gasteiger partial charge in [0.05, 0.1) is 0 Å². The predicted molar refractivity (Wildman–Crippen MR) is 155 cm³/mol. The Labute approximate surface area is 220 Å². The van der Waals surface area contributed by atoms with E-state index < -0.39 is 0 Å². The Hall–Kier alpha value is -2.98. The lowest BCUT2D eigenvalue weighted by Crippen LogP contribution is -2.39. The van der Waals surface area contributed by atoms with Gasteiger partial charge in [-0.1, -0.05) is 19.1 Å². The number of aryl methyl sites for hydroxylation is 1. The fourth-order valence-electron chi connectivity index (χ4n) is 5.13. The van der Waals surface area contributed by atoms with Gasteiger partial charge in [-0.15, -0.1) is 11.3 Å². The lowest BCUT2D eigenvalue weighted by Gasteiger charge is -2.37. The van der Waals surface area contributed by atoms with Crippen molar-refractivity contribution in [1.29, 1.82) is 0 Å². The number of phenols is 1. The number of hydrogen-bond donors (Lipinski definition) is 2. The topological polar surface area (TPSA) is 45.2 Å². The number of aromatic hydroxyl groups is 1. The minimum Gasteiger partial charge on any atom is -0.507 e. The standard InChI is InChI=1S/C32H39NO2S/c1-8-10-20(3)17-29-24(9-2)18-25(33-29)11-12-26-13-14-27(36-26)19-32(7)16-15-28-23(6)30(34)21(4)22(5)31(28)35-32/h8,10-14,17-18,33-34H,9,15-16,19H2,1-7H3/b10-8-,12-11+,20-17+/t32-/m0/s1. The third-order valence-corrected chi connectivity index (χ3v) is 8.44. The average Bonchev–Trinajstić information content (AvgIpc) is 3.45. The summed E-state index contributed by atoms with van der Waals surface area (Å²) in [5.41, 5.74) is 8.75. The molecule has 4 heteroatoms. The van der Waals surface area contributed by atoms with E-state index in [9.17, 15) is 5.11 Å². The van der Waals surface area contributed by atoms with Crippen LogP contribution in [0.15, 0.2) is 35.9 Å². The summed E-state index contributed by atoms with van der Waals surface area (Å²) >= 11 is 1.83. The zero-order valence-electron chi connectivity index (χ0n) is 22.7. The molecule has 0 spiro atoms. The summed E-state index contributed by atoms with van der Waals surface area (Å²) in [6.07, 6.45) is 14.5. The summed E-state index contributed by atoms with van der Waals surface area (Å²) in [5, 5.41) is 10.5. The third-order valence-electron chi connectivity index (χ3n) is 7.39. The Balaban J connectivity index is 1.49. The van der Waals surface area contributed by atoms with Crippen LogP contribution in [0.5, 0.6) is 11.5 Å². The number of benzene rings is 1. The fraction of sp³-hybridized carbons (Fsp3) is 0.375. The molecule has 3 aromatic rings. The molecule has 1 aromatic carbocycles. The van der Waals surface area contributed by atoms with Crippen LogP contribution in [-0.4, -0.2) is 15.7 Å². The molecule has 0 bridgehead atoms. The predicted octanol–water partition coefficient (Wildman–Crippen LogP) is 8.75. The minimum absolute atomic E-state index is 0.249. The number of aromatic amines is 1. The molecule has 1 aliphatic heterocycles. The van der Waals surface area contributed by atoms with Crippen LogP contribution in [0.3, 0.4) is 0 Å². The van der Waals surface area contributed by atoms with Gasteiger partial charge in [0.25, 0.3) is 0 Å². The molecule has 190 valence electrons. The quantitative estimate of drug-likeness (QED) is 0.318. The largest absolute Gasteiger partial charge is 0.507 e. The van der Waals surface area contributed by atoms with Gasteiger partial charge in [0.1, 0.15) is 17.1 Å². The smallest absolute Gasteiger partial charge is 0.127 e. The van der Waals surface area contributed by atoms with Crippen molar-refractivity contribution in [2.45, 2.75) is 79.8 Å². The number of hydrogen-bond acceptors (Lipinski definition) is 3. The molecule has 0 unspecified atom stereocenters. The molecule has 3 nitrogen and oxygen atoms in total. The van der Waals surface area contributed by atoms with E-state index in [1.807, 2.05) is 32.1 Å². The van der Waals surface area contributed by atoms with Crippen molar-refractivity contribution < 1.29 is 9.84 Å². The molecule has 2 N–H and O–H groups in total. The first-order valence-corrected chi connectivity index (χ1v) is 13.8. The molecule has 36 heavy (non-hydrogen) atoms. The van der Waals surface area contributed by atoms with E-state index in [-0.39, 0.29) is 5.60 Å². The van der Waals surface area contributed by atoms with E-state index in [4.69, 9.17) is 4.74 Å². The number of phenolic OH excluding ortho intramolecular Hbond substituents is 1. The van der Waals surface area contributed by atoms with Gasteiger partial charge in [-0.2, -0.15) is 0 Å². The molecule has 0 saturated carbocycles. The van der Waals surface area contributed by atoms with Crippen molar-refractivity contribution in [2.24, 2.45) is 0 Å². The Morgan fingerprint density at radius 1 is 1.17 bits per heavy atom. The van der Waals surface area contributed by atoms with Crippen LogP contribution in [0.2, 0.25) is 0 Å². The Morgan fingerprint density at radius 3 is 2.67 bits per heavy atom. The van der Waals surface area contributed by atoms with Gasteiger partial charge in [0, 0.05) is 33.1 Å². The molecule has 0 saturated heterocycles. The second-order valence-electron chi connectivity index (χ2n) is 10.3.